The number of aliphatic hydroxyl groups is 2. The number of aliphatic carboxylic acids is 1. The molecule has 1 heterocycles. The Hall–Kier alpha value is -3.74. The molecule has 51 heavy (non-hydrogen) atoms. The SMILES string of the molecule is NC[C@H]1O[C@H](O[C@H]2[C@H](O)[C@@H](OCc3ccc4ccccc4c3)[C@H](N)C[C@@H]2N)[C@H](N)[C@@H](OCc2ccc3ccccc3c2)[C@@H]1O.O=C(O)C(F)(F)F. The normalized spacial score (nSPS) is 29.7. The second-order valence-corrected chi connectivity index (χ2v) is 12.7. The molecule has 2 fully saturated rings. The van der Waals surface area contributed by atoms with Crippen LogP contribution in [0.5, 0.6) is 0 Å². The van der Waals surface area contributed by atoms with Crippen molar-refractivity contribution in [3.63, 3.8) is 0 Å². The van der Waals surface area contributed by atoms with E-state index in [1.165, 1.54) is 0 Å². The van der Waals surface area contributed by atoms with Gasteiger partial charge in [0, 0.05) is 18.6 Å². The summed E-state index contributed by atoms with van der Waals surface area (Å²) in [7, 11) is 0. The van der Waals surface area contributed by atoms with E-state index in [-0.39, 0.29) is 19.8 Å². The largest absolute Gasteiger partial charge is 0.490 e. The van der Waals surface area contributed by atoms with Gasteiger partial charge in [-0.3, -0.25) is 0 Å². The molecule has 4 aromatic rings. The number of ether oxygens (including phenoxy) is 4. The molecule has 15 heteroatoms. The maximum absolute atomic E-state index is 11.4. The summed E-state index contributed by atoms with van der Waals surface area (Å²) in [4.78, 5) is 8.90. The van der Waals surface area contributed by atoms with E-state index in [1.807, 2.05) is 72.8 Å². The minimum atomic E-state index is -5.08. The highest BCUT2D eigenvalue weighted by Gasteiger charge is 2.49. The van der Waals surface area contributed by atoms with Crippen molar-refractivity contribution >= 4 is 27.5 Å². The Morgan fingerprint density at radius 2 is 1.22 bits per heavy atom. The van der Waals surface area contributed by atoms with E-state index in [2.05, 4.69) is 12.1 Å². The van der Waals surface area contributed by atoms with Gasteiger partial charge in [0.2, 0.25) is 0 Å². The molecule has 6 rings (SSSR count). The van der Waals surface area contributed by atoms with Gasteiger partial charge in [0.05, 0.1) is 19.3 Å². The third kappa shape index (κ3) is 9.39. The van der Waals surface area contributed by atoms with Crippen molar-refractivity contribution in [3.05, 3.63) is 96.1 Å². The lowest BCUT2D eigenvalue weighted by Gasteiger charge is -2.47. The molecule has 276 valence electrons. The maximum Gasteiger partial charge on any atom is 0.490 e. The van der Waals surface area contributed by atoms with Gasteiger partial charge in [-0.1, -0.05) is 72.8 Å². The van der Waals surface area contributed by atoms with Gasteiger partial charge in [-0.05, 0) is 51.2 Å². The third-order valence-corrected chi connectivity index (χ3v) is 9.06. The molecular formula is C36H43F3N4O8. The van der Waals surface area contributed by atoms with E-state index < -0.39 is 73.2 Å². The first kappa shape index (κ1) is 38.5. The highest BCUT2D eigenvalue weighted by Crippen LogP contribution is 2.30. The van der Waals surface area contributed by atoms with E-state index in [9.17, 15) is 23.4 Å². The molecule has 0 bridgehead atoms. The van der Waals surface area contributed by atoms with Crippen LogP contribution in [0.2, 0.25) is 0 Å². The minimum absolute atomic E-state index is 0.0191. The van der Waals surface area contributed by atoms with Crippen LogP contribution in [-0.2, 0) is 37.0 Å². The Bertz CT molecular complexity index is 1770. The quantitative estimate of drug-likeness (QED) is 0.133. The van der Waals surface area contributed by atoms with Gasteiger partial charge in [-0.2, -0.15) is 13.2 Å². The topological polar surface area (TPSA) is 219 Å². The number of halogens is 3. The van der Waals surface area contributed by atoms with E-state index in [0.29, 0.717) is 6.42 Å². The van der Waals surface area contributed by atoms with Gasteiger partial charge in [0.1, 0.15) is 36.6 Å². The number of aliphatic hydroxyl groups excluding tert-OH is 2. The summed E-state index contributed by atoms with van der Waals surface area (Å²) < 4.78 is 56.3. The summed E-state index contributed by atoms with van der Waals surface area (Å²) in [6.45, 7) is 0.494. The highest BCUT2D eigenvalue weighted by molar-refractivity contribution is 5.83. The monoisotopic (exact) mass is 716 g/mol. The van der Waals surface area contributed by atoms with E-state index in [4.69, 9.17) is 51.8 Å². The van der Waals surface area contributed by atoms with Crippen molar-refractivity contribution in [2.24, 2.45) is 22.9 Å². The predicted octanol–water partition coefficient (Wildman–Crippen LogP) is 2.27. The minimum Gasteiger partial charge on any atom is -0.475 e. The van der Waals surface area contributed by atoms with Crippen LogP contribution in [0.4, 0.5) is 13.2 Å². The van der Waals surface area contributed by atoms with Crippen LogP contribution in [0, 0.1) is 0 Å². The Balaban J connectivity index is 0.000000654. The Labute approximate surface area is 292 Å². The van der Waals surface area contributed by atoms with Gasteiger partial charge in [0.15, 0.2) is 6.29 Å². The molecule has 0 aromatic heterocycles. The number of rotatable bonds is 9. The van der Waals surface area contributed by atoms with E-state index in [0.717, 1.165) is 32.7 Å². The summed E-state index contributed by atoms with van der Waals surface area (Å²) >= 11 is 0. The van der Waals surface area contributed by atoms with Crippen molar-refractivity contribution in [2.75, 3.05) is 6.54 Å². The van der Waals surface area contributed by atoms with Gasteiger partial charge >= 0.3 is 12.1 Å². The van der Waals surface area contributed by atoms with Gasteiger partial charge < -0.3 is 57.2 Å². The first-order valence-electron chi connectivity index (χ1n) is 16.4. The molecule has 1 aliphatic heterocycles. The van der Waals surface area contributed by atoms with Gasteiger partial charge in [-0.25, -0.2) is 4.79 Å². The third-order valence-electron chi connectivity index (χ3n) is 9.06. The number of hydrogen-bond acceptors (Lipinski definition) is 11. The second-order valence-electron chi connectivity index (χ2n) is 12.7. The molecule has 1 saturated carbocycles. The summed E-state index contributed by atoms with van der Waals surface area (Å²) in [6, 6.07) is 26.3. The number of alkyl halides is 3. The average molecular weight is 717 g/mol. The fraction of sp³-hybridized carbons (Fsp3) is 0.417. The number of nitrogens with two attached hydrogens (primary N) is 4. The smallest absolute Gasteiger partial charge is 0.475 e. The fourth-order valence-electron chi connectivity index (χ4n) is 6.34. The van der Waals surface area contributed by atoms with Gasteiger partial charge in [-0.15, -0.1) is 0 Å². The number of carboxylic acids is 1. The molecule has 4 aromatic carbocycles. The first-order valence-corrected chi connectivity index (χ1v) is 16.4. The van der Waals surface area contributed by atoms with Crippen LogP contribution in [0.15, 0.2) is 84.9 Å². The zero-order valence-electron chi connectivity index (χ0n) is 27.5. The molecular weight excluding hydrogens is 673 g/mol. The Morgan fingerprint density at radius 3 is 1.71 bits per heavy atom. The predicted molar refractivity (Wildman–Crippen MR) is 182 cm³/mol. The molecule has 0 amide bonds. The second kappa shape index (κ2) is 16.7. The standard InChI is InChI=1S/C34H42N4O6.C2HF3O2/c35-16-27-29(39)33(42-18-20-10-12-22-6-2-4-8-24(22)14-20)28(38)34(43-27)44-32-26(37)15-25(36)31(30(32)40)41-17-19-9-11-21-5-1-3-7-23(21)13-19;3-2(4,5)1(6)7/h1-14,25-34,39-40H,15-18,35-38H2;(H,6,7)/t25-,26+,27-,28-,29-,30-,31+,32-,33-,34-;/m1./s1. The van der Waals surface area contributed by atoms with Crippen molar-refractivity contribution in [2.45, 2.75) is 86.9 Å². The first-order chi connectivity index (χ1) is 24.3. The number of fused-ring (bicyclic) bond motifs is 2. The summed E-state index contributed by atoms with van der Waals surface area (Å²) in [5.41, 5.74) is 27.3. The molecule has 12 nitrogen and oxygen atoms in total. The molecule has 0 spiro atoms. The van der Waals surface area contributed by atoms with E-state index in [1.54, 1.807) is 0 Å². The lowest BCUT2D eigenvalue weighted by Crippen LogP contribution is -2.68. The van der Waals surface area contributed by atoms with Crippen LogP contribution in [0.25, 0.3) is 21.5 Å². The molecule has 2 aliphatic rings. The number of benzene rings is 4. The molecule has 1 saturated heterocycles. The molecule has 11 N–H and O–H groups in total. The summed E-state index contributed by atoms with van der Waals surface area (Å²) in [5, 5.41) is 34.0. The summed E-state index contributed by atoms with van der Waals surface area (Å²) in [5.74, 6) is -2.76. The van der Waals surface area contributed by atoms with Crippen LogP contribution in [-0.4, -0.2) is 95.0 Å². The molecule has 0 unspecified atom stereocenters. The fourth-order valence-corrected chi connectivity index (χ4v) is 6.34. The zero-order valence-corrected chi connectivity index (χ0v) is 27.5. The number of hydrogen-bond donors (Lipinski definition) is 7. The lowest BCUT2D eigenvalue weighted by atomic mass is 9.84. The van der Waals surface area contributed by atoms with Crippen molar-refractivity contribution in [1.82, 2.24) is 0 Å². The van der Waals surface area contributed by atoms with E-state index >= 15 is 0 Å². The van der Waals surface area contributed by atoms with Crippen LogP contribution >= 0.6 is 0 Å². The van der Waals surface area contributed by atoms with Crippen LogP contribution < -0.4 is 22.9 Å². The van der Waals surface area contributed by atoms with Crippen LogP contribution in [0.3, 0.4) is 0 Å². The number of carboxylic acid groups (broad SMARTS) is 1. The maximum atomic E-state index is 11.4. The molecule has 1 aliphatic carbocycles. The van der Waals surface area contributed by atoms with Gasteiger partial charge in [0.25, 0.3) is 0 Å². The van der Waals surface area contributed by atoms with Crippen molar-refractivity contribution in [3.8, 4) is 0 Å². The molecule has 10 atom stereocenters. The van der Waals surface area contributed by atoms with Crippen molar-refractivity contribution < 1.29 is 52.2 Å². The average Bonchev–Trinajstić information content (AvgIpc) is 3.10. The zero-order chi connectivity index (χ0) is 36.9. The number of carbonyl (C=O) groups is 1. The van der Waals surface area contributed by atoms with Crippen LogP contribution in [0.1, 0.15) is 17.5 Å². The highest BCUT2D eigenvalue weighted by atomic mass is 19.4. The lowest BCUT2D eigenvalue weighted by molar-refractivity contribution is -0.295. The summed E-state index contributed by atoms with van der Waals surface area (Å²) in [6.07, 6.45) is -11.2. The Morgan fingerprint density at radius 1 is 0.745 bits per heavy atom. The molecule has 0 radical (unpaired) electrons. The van der Waals surface area contributed by atoms with Crippen molar-refractivity contribution in [1.29, 1.82) is 0 Å². The Kier molecular flexibility index (Phi) is 12.6.